The summed E-state index contributed by atoms with van der Waals surface area (Å²) in [5, 5.41) is 5.30. The first-order valence-electron chi connectivity index (χ1n) is 17.4. The zero-order valence-electron chi connectivity index (χ0n) is 30.8. The molecule has 1 saturated heterocycles. The first-order chi connectivity index (χ1) is 24.4. The molecule has 4 N–H and O–H groups in total. The van der Waals surface area contributed by atoms with Gasteiger partial charge < -0.3 is 30.7 Å². The maximum Gasteiger partial charge on any atom is 0.312 e. The molecule has 15 nitrogen and oxygen atoms in total. The smallest absolute Gasteiger partial charge is 0.312 e. The summed E-state index contributed by atoms with van der Waals surface area (Å²) in [6, 6.07) is 3.71. The van der Waals surface area contributed by atoms with Crippen molar-refractivity contribution in [3.63, 3.8) is 0 Å². The van der Waals surface area contributed by atoms with E-state index in [0.717, 1.165) is 22.6 Å². The number of carbonyl (C=O) groups is 8. The Bertz CT molecular complexity index is 1530. The van der Waals surface area contributed by atoms with E-state index in [9.17, 15) is 38.4 Å². The predicted octanol–water partition coefficient (Wildman–Crippen LogP) is 1.59. The molecule has 284 valence electrons. The Balaban J connectivity index is 1.68. The van der Waals surface area contributed by atoms with Gasteiger partial charge in [-0.1, -0.05) is 38.1 Å². The second-order valence-corrected chi connectivity index (χ2v) is 14.6. The van der Waals surface area contributed by atoms with E-state index in [-0.39, 0.29) is 69.7 Å². The van der Waals surface area contributed by atoms with Crippen LogP contribution in [0.15, 0.2) is 36.4 Å². The molecule has 0 saturated carbocycles. The number of nitrogens with zero attached hydrogens (tertiary/aromatic N) is 2. The molecule has 0 radical (unpaired) electrons. The molecule has 1 aromatic rings. The number of methoxy groups -OCH3 is 1. The molecular weight excluding hydrogens is 674 g/mol. The van der Waals surface area contributed by atoms with Crippen LogP contribution in [0.4, 0.5) is 4.79 Å². The second kappa shape index (κ2) is 18.5. The van der Waals surface area contributed by atoms with E-state index in [1.807, 2.05) is 0 Å². The molecule has 3 rings (SSSR count). The van der Waals surface area contributed by atoms with Gasteiger partial charge in [-0.05, 0) is 50.7 Å². The number of benzene rings is 1. The molecule has 4 atom stereocenters. The van der Waals surface area contributed by atoms with Gasteiger partial charge in [-0.2, -0.15) is 0 Å². The molecular formula is C37H51N5O10. The van der Waals surface area contributed by atoms with Crippen LogP contribution in [0.5, 0.6) is 0 Å². The van der Waals surface area contributed by atoms with Crippen molar-refractivity contribution in [2.75, 3.05) is 26.8 Å². The minimum absolute atomic E-state index is 0.0157. The van der Waals surface area contributed by atoms with Crippen molar-refractivity contribution in [2.24, 2.45) is 23.0 Å². The Labute approximate surface area is 304 Å². The highest BCUT2D eigenvalue weighted by atomic mass is 16.5. The number of hydrogen-bond donors (Lipinski definition) is 3. The largest absolute Gasteiger partial charge is 0.460 e. The third-order valence-corrected chi connectivity index (χ3v) is 9.01. The number of nitrogens with two attached hydrogens (primary N) is 1. The normalized spacial score (nSPS) is 18.5. The van der Waals surface area contributed by atoms with Crippen molar-refractivity contribution in [3.8, 4) is 0 Å². The molecule has 0 aromatic heterocycles. The number of ketones is 2. The number of carbonyl (C=O) groups excluding carboxylic acids is 8. The number of hydrogen-bond acceptors (Lipinski definition) is 10. The summed E-state index contributed by atoms with van der Waals surface area (Å²) in [4.78, 5) is 104. The summed E-state index contributed by atoms with van der Waals surface area (Å²) >= 11 is 0. The molecule has 2 aliphatic rings. The lowest BCUT2D eigenvalue weighted by atomic mass is 9.88. The molecule has 0 bridgehead atoms. The van der Waals surface area contributed by atoms with E-state index in [1.54, 1.807) is 58.9 Å². The highest BCUT2D eigenvalue weighted by Gasteiger charge is 2.47. The van der Waals surface area contributed by atoms with Crippen LogP contribution in [-0.2, 0) is 56.1 Å². The van der Waals surface area contributed by atoms with Crippen molar-refractivity contribution in [1.82, 2.24) is 20.4 Å². The third kappa shape index (κ3) is 11.6. The van der Waals surface area contributed by atoms with Gasteiger partial charge >= 0.3 is 12.0 Å². The van der Waals surface area contributed by atoms with Crippen LogP contribution < -0.4 is 16.4 Å². The fourth-order valence-corrected chi connectivity index (χ4v) is 6.03. The topological polar surface area (TPSA) is 212 Å². The number of imide groups is 1. The van der Waals surface area contributed by atoms with Gasteiger partial charge in [0.15, 0.2) is 11.6 Å². The number of esters is 1. The van der Waals surface area contributed by atoms with Crippen LogP contribution in [0.1, 0.15) is 71.4 Å². The van der Waals surface area contributed by atoms with Gasteiger partial charge in [-0.3, -0.25) is 38.5 Å². The van der Waals surface area contributed by atoms with Crippen LogP contribution in [0.2, 0.25) is 0 Å². The van der Waals surface area contributed by atoms with Gasteiger partial charge in [0.25, 0.3) is 11.8 Å². The molecule has 0 unspecified atom stereocenters. The maximum atomic E-state index is 13.7. The lowest BCUT2D eigenvalue weighted by Crippen LogP contribution is -2.48. The van der Waals surface area contributed by atoms with Crippen molar-refractivity contribution >= 4 is 47.2 Å². The molecule has 0 spiro atoms. The minimum Gasteiger partial charge on any atom is -0.460 e. The number of primary amides is 1. The summed E-state index contributed by atoms with van der Waals surface area (Å²) in [5.41, 5.74) is 5.96. The number of likely N-dealkylation sites (tertiary alicyclic amines) is 1. The number of rotatable bonds is 19. The first kappa shape index (κ1) is 41.5. The first-order valence-corrected chi connectivity index (χ1v) is 17.4. The van der Waals surface area contributed by atoms with Crippen LogP contribution in [-0.4, -0.2) is 102 Å². The lowest BCUT2D eigenvalue weighted by molar-refractivity contribution is -0.154. The van der Waals surface area contributed by atoms with Crippen molar-refractivity contribution in [3.05, 3.63) is 47.5 Å². The Morgan fingerprint density at radius 2 is 1.60 bits per heavy atom. The van der Waals surface area contributed by atoms with E-state index in [2.05, 4.69) is 10.6 Å². The second-order valence-electron chi connectivity index (χ2n) is 14.6. The number of urea groups is 1. The monoisotopic (exact) mass is 725 g/mol. The molecule has 1 aromatic carbocycles. The SMILES string of the molecule is COC[C@@H]1C[C@H](N2C(=O)C=CC2=O)C(=O)N1CC(=O)C[C@H](C(=O)N[C@@H](CCCNC(N)=O)C(=O)Cc1ccc(COC(=O)C(C)(C)C)cc1)C(C)C. The number of ether oxygens (including phenoxy) is 2. The fourth-order valence-electron chi connectivity index (χ4n) is 6.03. The number of Topliss-reactive ketones (excluding diaryl/α,β-unsaturated/α-hetero) is 2. The number of nitrogens with one attached hydrogen (secondary N) is 2. The third-order valence-electron chi connectivity index (χ3n) is 9.01. The summed E-state index contributed by atoms with van der Waals surface area (Å²) < 4.78 is 10.6. The Hall–Kier alpha value is -4.92. The van der Waals surface area contributed by atoms with Crippen LogP contribution in [0.25, 0.3) is 0 Å². The molecule has 2 heterocycles. The van der Waals surface area contributed by atoms with Gasteiger partial charge in [-0.15, -0.1) is 0 Å². The van der Waals surface area contributed by atoms with Crippen molar-refractivity contribution < 1.29 is 47.8 Å². The predicted molar refractivity (Wildman–Crippen MR) is 188 cm³/mol. The standard InChI is InChI=1S/C37H51N5O10/c1-22(2)27(18-26(43)19-41-25(21-51-6)17-29(34(41)48)42-31(45)13-14-32(42)46)33(47)40-28(8-7-15-39-36(38)50)30(44)16-23-9-11-24(12-10-23)20-52-35(49)37(3,4)5/h9-14,22,25,27-29H,7-8,15-21H2,1-6H3,(H,40,47)(H3,38,39,50)/t25-,27-,28-,29-/m0/s1. The van der Waals surface area contributed by atoms with Crippen LogP contribution in [0.3, 0.4) is 0 Å². The Morgan fingerprint density at radius 3 is 2.15 bits per heavy atom. The van der Waals surface area contributed by atoms with Gasteiger partial charge in [0, 0.05) is 51.0 Å². The molecule has 6 amide bonds. The molecule has 52 heavy (non-hydrogen) atoms. The summed E-state index contributed by atoms with van der Waals surface area (Å²) in [6.45, 7) is 8.82. The molecule has 1 fully saturated rings. The Kier molecular flexibility index (Phi) is 14.8. The van der Waals surface area contributed by atoms with Crippen LogP contribution >= 0.6 is 0 Å². The molecule has 0 aliphatic carbocycles. The van der Waals surface area contributed by atoms with E-state index < -0.39 is 64.9 Å². The van der Waals surface area contributed by atoms with Crippen molar-refractivity contribution in [1.29, 1.82) is 0 Å². The summed E-state index contributed by atoms with van der Waals surface area (Å²) in [7, 11) is 1.44. The number of amides is 6. The molecule has 15 heteroatoms. The average molecular weight is 726 g/mol. The summed E-state index contributed by atoms with van der Waals surface area (Å²) in [5.74, 6) is -4.48. The van der Waals surface area contributed by atoms with Gasteiger partial charge in [-0.25, -0.2) is 4.79 Å². The summed E-state index contributed by atoms with van der Waals surface area (Å²) in [6.07, 6.45) is 2.57. The molecule has 2 aliphatic heterocycles. The van der Waals surface area contributed by atoms with E-state index in [0.29, 0.717) is 12.0 Å². The quantitative estimate of drug-likeness (QED) is 0.107. The fraction of sp³-hybridized carbons (Fsp3) is 0.568. The lowest BCUT2D eigenvalue weighted by Gasteiger charge is -2.27. The maximum absolute atomic E-state index is 13.7. The van der Waals surface area contributed by atoms with E-state index in [1.165, 1.54) is 12.0 Å². The van der Waals surface area contributed by atoms with Crippen LogP contribution in [0, 0.1) is 17.3 Å². The highest BCUT2D eigenvalue weighted by molar-refractivity contribution is 6.15. The van der Waals surface area contributed by atoms with Gasteiger partial charge in [0.1, 0.15) is 12.6 Å². The highest BCUT2D eigenvalue weighted by Crippen LogP contribution is 2.27. The van der Waals surface area contributed by atoms with E-state index >= 15 is 0 Å². The van der Waals surface area contributed by atoms with Crippen molar-refractivity contribution in [2.45, 2.75) is 91.5 Å². The Morgan fingerprint density at radius 1 is 0.981 bits per heavy atom. The van der Waals surface area contributed by atoms with E-state index in [4.69, 9.17) is 15.2 Å². The van der Waals surface area contributed by atoms with Gasteiger partial charge in [0.2, 0.25) is 11.8 Å². The minimum atomic E-state index is -1.06. The van der Waals surface area contributed by atoms with Gasteiger partial charge in [0.05, 0.1) is 30.7 Å². The average Bonchev–Trinajstić information content (AvgIpc) is 3.55. The zero-order valence-corrected chi connectivity index (χ0v) is 30.8. The zero-order chi connectivity index (χ0) is 38.7.